The van der Waals surface area contributed by atoms with E-state index in [1.165, 1.54) is 57.7 Å². The minimum Gasteiger partial charge on any atom is -0.461 e. The summed E-state index contributed by atoms with van der Waals surface area (Å²) in [6, 6.07) is 6.16. The van der Waals surface area contributed by atoms with Gasteiger partial charge in [-0.2, -0.15) is 0 Å². The Morgan fingerprint density at radius 2 is 1.41 bits per heavy atom. The van der Waals surface area contributed by atoms with Gasteiger partial charge in [0.2, 0.25) is 0 Å². The molecule has 0 unspecified atom stereocenters. The molecule has 13 nitrogen and oxygen atoms in total. The molecule has 0 amide bonds. The average molecular weight is 639 g/mol. The van der Waals surface area contributed by atoms with Crippen LogP contribution < -0.4 is 0 Å². The summed E-state index contributed by atoms with van der Waals surface area (Å²) in [5.41, 5.74) is -3.76. The highest BCUT2D eigenvalue weighted by Gasteiger charge is 2.81. The Hall–Kier alpha value is -4.39. The quantitative estimate of drug-likeness (QED) is 0.306. The highest BCUT2D eigenvalue weighted by Crippen LogP contribution is 2.68. The SMILES string of the molecule is CC(=O)O[C@@H]1[C@@H](OC(=O)c2cccnc2)[C@]2(COC(=O)c3cccnc3)[C@@H](OC(C)=O)[C@@H](OC(C)=O)C[C@@H](C)[C@@]23C[C@@H]1C(C)(C)O3. The van der Waals surface area contributed by atoms with Gasteiger partial charge in [0.25, 0.3) is 0 Å². The third-order valence-corrected chi connectivity index (χ3v) is 9.46. The van der Waals surface area contributed by atoms with Gasteiger partial charge < -0.3 is 28.4 Å². The van der Waals surface area contributed by atoms with Crippen LogP contribution in [-0.4, -0.2) is 82.0 Å². The first-order valence-electron chi connectivity index (χ1n) is 15.1. The lowest BCUT2D eigenvalue weighted by atomic mass is 9.48. The fraction of sp³-hybridized carbons (Fsp3) is 0.545. The maximum atomic E-state index is 13.8. The molecule has 246 valence electrons. The van der Waals surface area contributed by atoms with E-state index in [4.69, 9.17) is 28.4 Å². The molecular weight excluding hydrogens is 600 g/mol. The Bertz CT molecular complexity index is 1500. The van der Waals surface area contributed by atoms with Crippen molar-refractivity contribution in [2.45, 2.75) is 90.0 Å². The Kier molecular flexibility index (Phi) is 8.91. The molecule has 5 rings (SSSR count). The molecule has 13 heteroatoms. The summed E-state index contributed by atoms with van der Waals surface area (Å²) >= 11 is 0. The van der Waals surface area contributed by atoms with E-state index in [1.54, 1.807) is 12.1 Å². The van der Waals surface area contributed by atoms with Crippen LogP contribution in [0.1, 0.15) is 75.1 Å². The lowest BCUT2D eigenvalue weighted by molar-refractivity contribution is -0.306. The van der Waals surface area contributed by atoms with Gasteiger partial charge >= 0.3 is 29.8 Å². The molecule has 0 N–H and O–H groups in total. The molecule has 8 atom stereocenters. The summed E-state index contributed by atoms with van der Waals surface area (Å²) < 4.78 is 37.0. The van der Waals surface area contributed by atoms with Crippen LogP contribution >= 0.6 is 0 Å². The van der Waals surface area contributed by atoms with Gasteiger partial charge in [-0.1, -0.05) is 6.92 Å². The van der Waals surface area contributed by atoms with Crippen LogP contribution in [0.5, 0.6) is 0 Å². The molecule has 1 spiro atoms. The molecule has 3 fully saturated rings. The zero-order valence-electron chi connectivity index (χ0n) is 26.6. The minimum atomic E-state index is -1.75. The molecule has 1 aliphatic heterocycles. The maximum absolute atomic E-state index is 13.8. The Morgan fingerprint density at radius 1 is 0.826 bits per heavy atom. The summed E-state index contributed by atoms with van der Waals surface area (Å²) in [5, 5.41) is 0. The summed E-state index contributed by atoms with van der Waals surface area (Å²) in [6.45, 7) is 8.68. The van der Waals surface area contributed by atoms with Crippen molar-refractivity contribution in [1.29, 1.82) is 0 Å². The first kappa shape index (κ1) is 33.0. The van der Waals surface area contributed by atoms with Gasteiger partial charge in [-0.05, 0) is 56.9 Å². The fourth-order valence-corrected chi connectivity index (χ4v) is 7.75. The molecule has 2 saturated carbocycles. The van der Waals surface area contributed by atoms with Crippen LogP contribution in [-0.2, 0) is 42.8 Å². The number of rotatable bonds is 8. The van der Waals surface area contributed by atoms with Crippen LogP contribution in [0.3, 0.4) is 0 Å². The second-order valence-electron chi connectivity index (χ2n) is 12.7. The third-order valence-electron chi connectivity index (χ3n) is 9.46. The molecule has 0 aromatic carbocycles. The number of pyridine rings is 2. The van der Waals surface area contributed by atoms with Crippen LogP contribution in [0.2, 0.25) is 0 Å². The van der Waals surface area contributed by atoms with Crippen molar-refractivity contribution in [2.75, 3.05) is 6.61 Å². The van der Waals surface area contributed by atoms with Crippen molar-refractivity contribution in [2.24, 2.45) is 17.3 Å². The number of esters is 5. The number of carbonyl (C=O) groups is 5. The van der Waals surface area contributed by atoms with Gasteiger partial charge in [0.05, 0.1) is 22.3 Å². The predicted octanol–water partition coefficient (Wildman–Crippen LogP) is 3.25. The molecule has 1 saturated heterocycles. The first-order valence-corrected chi connectivity index (χ1v) is 15.1. The Morgan fingerprint density at radius 3 is 1.96 bits per heavy atom. The number of aromatic nitrogens is 2. The average Bonchev–Trinajstić information content (AvgIpc) is 3.26. The van der Waals surface area contributed by atoms with Crippen LogP contribution in [0.25, 0.3) is 0 Å². The van der Waals surface area contributed by atoms with Crippen LogP contribution in [0.4, 0.5) is 0 Å². The largest absolute Gasteiger partial charge is 0.461 e. The number of fused-ring (bicyclic) bond motifs is 1. The van der Waals surface area contributed by atoms with Gasteiger partial charge in [0.1, 0.15) is 24.2 Å². The van der Waals surface area contributed by atoms with E-state index in [-0.39, 0.29) is 24.0 Å². The molecule has 2 aromatic heterocycles. The van der Waals surface area contributed by atoms with Crippen LogP contribution in [0, 0.1) is 17.3 Å². The van der Waals surface area contributed by atoms with E-state index < -0.39 is 89.3 Å². The van der Waals surface area contributed by atoms with E-state index in [9.17, 15) is 24.0 Å². The van der Waals surface area contributed by atoms with E-state index in [2.05, 4.69) is 9.97 Å². The van der Waals surface area contributed by atoms with Crippen molar-refractivity contribution in [3.63, 3.8) is 0 Å². The molecule has 2 aromatic rings. The highest BCUT2D eigenvalue weighted by atomic mass is 16.6. The monoisotopic (exact) mass is 638 g/mol. The molecule has 3 heterocycles. The predicted molar refractivity (Wildman–Crippen MR) is 157 cm³/mol. The van der Waals surface area contributed by atoms with E-state index in [1.807, 2.05) is 20.8 Å². The number of ether oxygens (including phenoxy) is 6. The molecule has 2 aliphatic carbocycles. The van der Waals surface area contributed by atoms with E-state index >= 15 is 0 Å². The summed E-state index contributed by atoms with van der Waals surface area (Å²) in [4.78, 5) is 73.3. The second kappa shape index (κ2) is 12.4. The summed E-state index contributed by atoms with van der Waals surface area (Å²) in [5.74, 6) is -4.54. The summed E-state index contributed by atoms with van der Waals surface area (Å²) in [6.07, 6.45) is 1.10. The number of hydrogen-bond donors (Lipinski definition) is 0. The highest BCUT2D eigenvalue weighted by molar-refractivity contribution is 5.89. The second-order valence-corrected chi connectivity index (χ2v) is 12.7. The lowest BCUT2D eigenvalue weighted by Gasteiger charge is -2.62. The Balaban J connectivity index is 1.77. The standard InChI is InChI=1S/C33H38N2O11/c1-18-13-25(42-19(2)36)27(44-21(4)38)32(17-41-29(39)22-9-7-11-34-15-22)28(45-30(40)23-10-8-12-35-16-23)26(43-20(3)37)24-14-33(18,32)46-31(24,5)6/h7-12,15-16,18,24-28H,13-14,17H2,1-6H3/t18-,24+,25+,26+,27+,28-,32+,33+/m1/s1. The maximum Gasteiger partial charge on any atom is 0.340 e. The topological polar surface area (TPSA) is 167 Å². The number of nitrogens with zero attached hydrogens (tertiary/aromatic N) is 2. The first-order chi connectivity index (χ1) is 21.7. The van der Waals surface area contributed by atoms with Gasteiger partial charge in [-0.15, -0.1) is 0 Å². The summed E-state index contributed by atoms with van der Waals surface area (Å²) in [7, 11) is 0. The Labute approximate surface area is 266 Å². The molecular formula is C33H38N2O11. The third kappa shape index (κ3) is 5.72. The van der Waals surface area contributed by atoms with Crippen molar-refractivity contribution < 1.29 is 52.4 Å². The zero-order valence-corrected chi connectivity index (χ0v) is 26.6. The molecule has 2 bridgehead atoms. The molecule has 3 aliphatic rings. The zero-order chi connectivity index (χ0) is 33.4. The van der Waals surface area contributed by atoms with Crippen molar-refractivity contribution in [3.8, 4) is 0 Å². The number of hydrogen-bond acceptors (Lipinski definition) is 13. The fourth-order valence-electron chi connectivity index (χ4n) is 7.75. The van der Waals surface area contributed by atoms with E-state index in [0.29, 0.717) is 0 Å². The van der Waals surface area contributed by atoms with E-state index in [0.717, 1.165) is 0 Å². The van der Waals surface area contributed by atoms with Crippen molar-refractivity contribution >= 4 is 29.8 Å². The lowest BCUT2D eigenvalue weighted by Crippen LogP contribution is -2.77. The smallest absolute Gasteiger partial charge is 0.340 e. The molecule has 46 heavy (non-hydrogen) atoms. The minimum absolute atomic E-state index is 0.100. The van der Waals surface area contributed by atoms with Crippen molar-refractivity contribution in [3.05, 3.63) is 60.2 Å². The molecule has 0 radical (unpaired) electrons. The van der Waals surface area contributed by atoms with Crippen LogP contribution in [0.15, 0.2) is 49.1 Å². The normalized spacial score (nSPS) is 32.3. The van der Waals surface area contributed by atoms with Gasteiger partial charge in [0, 0.05) is 51.5 Å². The van der Waals surface area contributed by atoms with Gasteiger partial charge in [-0.3, -0.25) is 24.4 Å². The number of carbonyl (C=O) groups excluding carboxylic acids is 5. The van der Waals surface area contributed by atoms with Crippen molar-refractivity contribution in [1.82, 2.24) is 9.97 Å². The van der Waals surface area contributed by atoms with Gasteiger partial charge in [0.15, 0.2) is 12.2 Å². The van der Waals surface area contributed by atoms with Gasteiger partial charge in [-0.25, -0.2) is 9.59 Å².